The lowest BCUT2D eigenvalue weighted by Crippen LogP contribution is -2.08. The van der Waals surface area contributed by atoms with Gasteiger partial charge in [0.25, 0.3) is 0 Å². The maximum Gasteiger partial charge on any atom is 0.122 e. The Hall–Kier alpha value is -19.3. The van der Waals surface area contributed by atoms with E-state index in [1.54, 1.807) is 12.1 Å². The lowest BCUT2D eigenvalue weighted by atomic mass is 10.2. The molecule has 0 aliphatic rings. The summed E-state index contributed by atoms with van der Waals surface area (Å²) in [5.74, 6) is 3.04. The molecule has 0 radical (unpaired) electrons. The van der Waals surface area contributed by atoms with E-state index in [4.69, 9.17) is 19.3 Å². The van der Waals surface area contributed by atoms with Crippen molar-refractivity contribution in [2.45, 2.75) is 13.8 Å². The highest BCUT2D eigenvalue weighted by Crippen LogP contribution is 2.13. The van der Waals surface area contributed by atoms with Crippen LogP contribution in [-0.2, 0) is 0 Å². The first-order chi connectivity index (χ1) is 53.5. The van der Waals surface area contributed by atoms with Gasteiger partial charge in [-0.15, -0.1) is 0 Å². The third kappa shape index (κ3) is 66.7. The second-order valence-electron chi connectivity index (χ2n) is 16.5. The van der Waals surface area contributed by atoms with Crippen LogP contribution in [0.2, 0.25) is 0 Å². The zero-order chi connectivity index (χ0) is 77.3. The van der Waals surface area contributed by atoms with Crippen molar-refractivity contribution in [1.29, 1.82) is 0 Å². The van der Waals surface area contributed by atoms with Crippen LogP contribution >= 0.6 is 15.9 Å². The van der Waals surface area contributed by atoms with Crippen molar-refractivity contribution in [3.05, 3.63) is 540 Å². The molecule has 4 nitrogen and oxygen atoms in total. The Morgan fingerprint density at radius 1 is 0.222 bits per heavy atom. The summed E-state index contributed by atoms with van der Waals surface area (Å²) < 4.78 is 16.4. The first-order valence-corrected chi connectivity index (χ1v) is 30.8. The van der Waals surface area contributed by atoms with E-state index >= 15 is 0 Å². The molecule has 0 heterocycles. The molecule has 0 saturated heterocycles. The second-order valence-corrected chi connectivity index (χ2v) is 17.3. The molecule has 108 heavy (non-hydrogen) atoms. The number of hydrogen-bond acceptors (Lipinski definition) is 4. The second kappa shape index (κ2) is 73.5. The number of alkyl halides is 1. The highest BCUT2D eigenvalue weighted by molar-refractivity contribution is 9.09. The fraction of sp³-hybridized carbons (Fsp3) is 0.0583. The molecule has 0 amide bonds. The molecule has 0 fully saturated rings. The summed E-state index contributed by atoms with van der Waals surface area (Å²) in [4.78, 5) is 0. The van der Waals surface area contributed by atoms with Crippen LogP contribution in [-0.4, -0.2) is 30.3 Å². The van der Waals surface area contributed by atoms with E-state index in [1.165, 1.54) is 5.56 Å². The van der Waals surface area contributed by atoms with Crippen LogP contribution in [0, 0.1) is 13.8 Å². The van der Waals surface area contributed by atoms with Gasteiger partial charge in [0.1, 0.15) is 36.2 Å². The number of phenolic OH excluding ortho intramolecular Hbond substituents is 1. The number of phenols is 1. The Morgan fingerprint density at radius 2 is 0.398 bits per heavy atom. The van der Waals surface area contributed by atoms with Crippen molar-refractivity contribution in [2.24, 2.45) is 0 Å². The van der Waals surface area contributed by atoms with Crippen molar-refractivity contribution in [2.75, 3.05) is 25.2 Å². The predicted molar refractivity (Wildman–Crippen MR) is 408 cm³/mol. The molecular weight excluding hydrogens is 1380 g/mol. The van der Waals surface area contributed by atoms with Crippen LogP contribution in [0.4, 0.5) is 0 Å². The largest absolute Gasteiger partial charge is 0.508 e. The van der Waals surface area contributed by atoms with Gasteiger partial charge in [-0.1, -0.05) is 88.1 Å². The number of para-hydroxylation sites is 2. The number of aromatic hydroxyl groups is 1. The van der Waals surface area contributed by atoms with Gasteiger partial charge in [-0.3, -0.25) is 0 Å². The smallest absolute Gasteiger partial charge is 0.122 e. The van der Waals surface area contributed by atoms with Crippen molar-refractivity contribution in [3.8, 4) is 23.0 Å². The van der Waals surface area contributed by atoms with Crippen LogP contribution in [0.15, 0.2) is 529 Å². The highest BCUT2D eigenvalue weighted by Gasteiger charge is 1.95. The molecule has 480 valence electrons. The van der Waals surface area contributed by atoms with E-state index in [0.717, 1.165) is 34.7 Å². The fourth-order valence-electron chi connectivity index (χ4n) is 5.02. The number of benzene rings is 4. The van der Waals surface area contributed by atoms with E-state index in [0.29, 0.717) is 19.0 Å². The first-order valence-electron chi connectivity index (χ1n) is 29.6. The van der Waals surface area contributed by atoms with Crippen molar-refractivity contribution >= 4 is 15.9 Å². The Kier molecular flexibility index (Phi) is 59.0. The van der Waals surface area contributed by atoms with Gasteiger partial charge in [0.05, 0.1) is 6.61 Å². The molecule has 0 aliphatic heterocycles. The number of halogens is 1. The number of ether oxygens (including phenoxy) is 3. The first kappa shape index (κ1) is 86.7. The minimum atomic E-state index is 0.338. The van der Waals surface area contributed by atoms with Gasteiger partial charge in [-0.2, -0.15) is 0 Å². The van der Waals surface area contributed by atoms with Crippen molar-refractivity contribution < 1.29 is 19.3 Å². The summed E-state index contributed by atoms with van der Waals surface area (Å²) in [6.07, 6.45) is 0. The molecule has 4 rings (SSSR count). The minimum absolute atomic E-state index is 0.338. The van der Waals surface area contributed by atoms with Gasteiger partial charge >= 0.3 is 0 Å². The van der Waals surface area contributed by atoms with E-state index < -0.39 is 0 Å². The van der Waals surface area contributed by atoms with Gasteiger partial charge < -0.3 is 19.3 Å². The Labute approximate surface area is 633 Å². The standard InChI is InChI=1S/C73H4.C15H16O2.C8H9BrO.C7H8O/c1-3-5-7-9-11-13-15-17-19-21-23-25-27-29-31-33-35-37-39-41-43-45-47-49-51-53-55-57-59-61-63-65-67-69-71-73-72-70-68-66-64-62-60-58-56-54-52-50-48-46-44-42-40-38-36-34-32-30-28-26-24-22-20-18-16-14-12-10-8-6-4-2;1-13-6-5-9-15(12-13)17-11-10-16-14-7-3-2-4-8-14;9-6-7-10-8-4-2-1-3-5-8;1-6-3-2-4-7(8)5-6/h1-2H2;2-9,12H,10-11H2,1H3;1-5H,6-7H2;2-5,8H,1H3. The Morgan fingerprint density at radius 3 is 0.574 bits per heavy atom. The van der Waals surface area contributed by atoms with Gasteiger partial charge in [0.2, 0.25) is 0 Å². The molecule has 0 atom stereocenters. The lowest BCUT2D eigenvalue weighted by Gasteiger charge is -2.08. The van der Waals surface area contributed by atoms with Gasteiger partial charge in [-0.05, 0) is 178 Å². The molecule has 0 spiro atoms. The molecule has 4 aromatic carbocycles. The molecule has 0 aliphatic carbocycles. The Bertz CT molecular complexity index is 6820. The monoisotopic (exact) mass is 1420 g/mol. The normalized spacial score (nSPS) is 5.77. The van der Waals surface area contributed by atoms with E-state index in [9.17, 15) is 0 Å². The molecule has 0 unspecified atom stereocenters. The van der Waals surface area contributed by atoms with Crippen LogP contribution in [0.1, 0.15) is 11.1 Å². The lowest BCUT2D eigenvalue weighted by molar-refractivity contribution is 0.217. The Balaban J connectivity index is 0.00000132. The summed E-state index contributed by atoms with van der Waals surface area (Å²) in [6, 6.07) is 34.7. The summed E-state index contributed by atoms with van der Waals surface area (Å²) in [6.45, 7) is 12.5. The number of rotatable bonds is 8. The summed E-state index contributed by atoms with van der Waals surface area (Å²) in [7, 11) is 0. The zero-order valence-electron chi connectivity index (χ0n) is 57.2. The third-order valence-corrected chi connectivity index (χ3v) is 9.19. The summed E-state index contributed by atoms with van der Waals surface area (Å²) >= 11 is 3.28. The van der Waals surface area contributed by atoms with Crippen molar-refractivity contribution in [1.82, 2.24) is 0 Å². The highest BCUT2D eigenvalue weighted by atomic mass is 79.9. The number of hydrogen-bond donors (Lipinski definition) is 1. The van der Waals surface area contributed by atoms with E-state index in [2.05, 4.69) is 436 Å². The maximum absolute atomic E-state index is 8.81. The van der Waals surface area contributed by atoms with Crippen molar-refractivity contribution in [3.63, 3.8) is 0 Å². The average molecular weight is 1420 g/mol. The molecule has 0 saturated carbocycles. The minimum Gasteiger partial charge on any atom is -0.508 e. The average Bonchev–Trinajstić information content (AvgIpc) is 0.945. The fourth-order valence-corrected chi connectivity index (χ4v) is 5.19. The van der Waals surface area contributed by atoms with Gasteiger partial charge in [0.15, 0.2) is 0 Å². The predicted octanol–water partition coefficient (Wildman–Crippen LogP) is 19.4. The number of aryl methyl sites for hydroxylation is 2. The van der Waals surface area contributed by atoms with Crippen LogP contribution in [0.3, 0.4) is 0 Å². The molecular formula is C103H37BrO4. The molecule has 4 aromatic rings. The topological polar surface area (TPSA) is 47.9 Å². The summed E-state index contributed by atoms with van der Waals surface area (Å²) in [5, 5.41) is 9.69. The van der Waals surface area contributed by atoms with E-state index in [-0.39, 0.29) is 0 Å². The maximum atomic E-state index is 8.81. The van der Waals surface area contributed by atoms with Gasteiger partial charge in [-0.25, -0.2) is 0 Å². The van der Waals surface area contributed by atoms with Crippen LogP contribution in [0.25, 0.3) is 0 Å². The zero-order valence-corrected chi connectivity index (χ0v) is 58.8. The van der Waals surface area contributed by atoms with Crippen LogP contribution < -0.4 is 14.2 Å². The van der Waals surface area contributed by atoms with Gasteiger partial charge in [0, 0.05) is 309 Å². The molecule has 0 aromatic heterocycles. The SMILES string of the molecule is BrCCOc1ccccc1.C=C=C=C=C=C=C=C=C=C=C=C=C=C=C=C=C=C=C=C=C=C=C=C=C=C=C=C=C=C=C=C=C=C=C=C=C=C=C=C=C=C=C=C=C=C=C=C=C=C=C=C=C=C=C=C=C=C=C=C=C=C=C=C=C=C=C=C=C=C=C=C=C.Cc1cccc(O)c1.Cc1cccc(OCCOc2ccccc2)c1. The molecule has 5 heteroatoms. The quantitative estimate of drug-likeness (QED) is 0.109. The molecule has 0 bridgehead atoms. The van der Waals surface area contributed by atoms with Crippen LogP contribution in [0.5, 0.6) is 23.0 Å². The van der Waals surface area contributed by atoms with E-state index in [1.807, 2.05) is 111 Å². The third-order valence-electron chi connectivity index (χ3n) is 8.87. The summed E-state index contributed by atoms with van der Waals surface area (Å²) in [5.41, 5.74) is 179. The molecule has 1 N–H and O–H groups in total.